The fraction of sp³-hybridized carbons (Fsp3) is 0.320. The first-order valence-electron chi connectivity index (χ1n) is 11.5. The maximum Gasteiger partial charge on any atom is 0.144 e. The second-order valence-electron chi connectivity index (χ2n) is 8.49. The van der Waals surface area contributed by atoms with E-state index in [9.17, 15) is 0 Å². The summed E-state index contributed by atoms with van der Waals surface area (Å²) < 4.78 is 7.56. The molecule has 0 unspecified atom stereocenters. The lowest BCUT2D eigenvalue weighted by Crippen LogP contribution is -2.46. The smallest absolute Gasteiger partial charge is 0.144 e. The predicted octanol–water partition coefficient (Wildman–Crippen LogP) is 3.51. The van der Waals surface area contributed by atoms with Gasteiger partial charge in [-0.25, -0.2) is 9.97 Å². The number of aryl methyl sites for hydroxylation is 1. The highest BCUT2D eigenvalue weighted by Crippen LogP contribution is 2.37. The number of anilines is 4. The van der Waals surface area contributed by atoms with Crippen molar-refractivity contribution < 1.29 is 4.74 Å². The third kappa shape index (κ3) is 4.22. The van der Waals surface area contributed by atoms with E-state index in [1.54, 1.807) is 13.4 Å². The molecule has 5 rings (SSSR count). The average Bonchev–Trinajstić information content (AvgIpc) is 3.24. The Kier molecular flexibility index (Phi) is 5.93. The van der Waals surface area contributed by atoms with Gasteiger partial charge in [0.25, 0.3) is 0 Å². The van der Waals surface area contributed by atoms with Gasteiger partial charge in [0.05, 0.1) is 41.6 Å². The molecule has 1 fully saturated rings. The van der Waals surface area contributed by atoms with Crippen molar-refractivity contribution in [2.75, 3.05) is 55.8 Å². The summed E-state index contributed by atoms with van der Waals surface area (Å²) in [6, 6.07) is 12.0. The fourth-order valence-electron chi connectivity index (χ4n) is 4.48. The van der Waals surface area contributed by atoms with Crippen molar-refractivity contribution in [1.82, 2.24) is 24.6 Å². The Bertz CT molecular complexity index is 1310. The monoisotopic (exact) mass is 458 g/mol. The number of nitrogens with zero attached hydrogens (tertiary/aromatic N) is 6. The van der Waals surface area contributed by atoms with E-state index in [-0.39, 0.29) is 0 Å². The summed E-state index contributed by atoms with van der Waals surface area (Å²) in [4.78, 5) is 13.6. The van der Waals surface area contributed by atoms with Crippen LogP contribution in [0.25, 0.3) is 22.2 Å². The van der Waals surface area contributed by atoms with Crippen LogP contribution in [0.5, 0.6) is 5.75 Å². The van der Waals surface area contributed by atoms with Crippen molar-refractivity contribution in [3.05, 3.63) is 48.9 Å². The molecule has 0 aliphatic carbocycles. The molecule has 34 heavy (non-hydrogen) atoms. The lowest BCUT2D eigenvalue weighted by atomic mass is 10.1. The zero-order chi connectivity index (χ0) is 23.7. The SMILES string of the molecule is CCN1CCN(c2cc(OC)c(Nc3cc(-c4ccc5c(cnn5C)c4)ncn3)cc2N)CC1. The maximum absolute atomic E-state index is 6.48. The van der Waals surface area contributed by atoms with Crippen LogP contribution < -0.4 is 20.7 Å². The highest BCUT2D eigenvalue weighted by Gasteiger charge is 2.20. The van der Waals surface area contributed by atoms with Crippen molar-refractivity contribution in [2.45, 2.75) is 6.92 Å². The zero-order valence-corrected chi connectivity index (χ0v) is 19.8. The lowest BCUT2D eigenvalue weighted by Gasteiger charge is -2.36. The van der Waals surface area contributed by atoms with Crippen LogP contribution in [0.2, 0.25) is 0 Å². The molecule has 1 aliphatic heterocycles. The summed E-state index contributed by atoms with van der Waals surface area (Å²) in [5.74, 6) is 1.39. The molecular formula is C25H30N8O. The lowest BCUT2D eigenvalue weighted by molar-refractivity contribution is 0.271. The first kappa shape index (κ1) is 22.0. The molecule has 0 saturated carbocycles. The van der Waals surface area contributed by atoms with E-state index >= 15 is 0 Å². The van der Waals surface area contributed by atoms with Crippen molar-refractivity contribution in [3.8, 4) is 17.0 Å². The van der Waals surface area contributed by atoms with E-state index in [4.69, 9.17) is 10.5 Å². The zero-order valence-electron chi connectivity index (χ0n) is 19.8. The second-order valence-corrected chi connectivity index (χ2v) is 8.49. The first-order valence-corrected chi connectivity index (χ1v) is 11.5. The van der Waals surface area contributed by atoms with Gasteiger partial charge in [0.1, 0.15) is 17.9 Å². The number of hydrogen-bond donors (Lipinski definition) is 2. The number of ether oxygens (including phenoxy) is 1. The summed E-state index contributed by atoms with van der Waals surface area (Å²) >= 11 is 0. The molecule has 0 radical (unpaired) electrons. The first-order chi connectivity index (χ1) is 16.6. The summed E-state index contributed by atoms with van der Waals surface area (Å²) in [7, 11) is 3.61. The van der Waals surface area contributed by atoms with Crippen LogP contribution in [0.3, 0.4) is 0 Å². The molecule has 2 aromatic heterocycles. The summed E-state index contributed by atoms with van der Waals surface area (Å²) in [5.41, 5.74) is 11.9. The van der Waals surface area contributed by atoms with Crippen LogP contribution in [0, 0.1) is 0 Å². The Labute approximate surface area is 199 Å². The largest absolute Gasteiger partial charge is 0.494 e. The third-order valence-electron chi connectivity index (χ3n) is 6.48. The fourth-order valence-corrected chi connectivity index (χ4v) is 4.48. The Hall–Kier alpha value is -3.85. The molecule has 0 bridgehead atoms. The molecule has 176 valence electrons. The molecule has 0 amide bonds. The van der Waals surface area contributed by atoms with Gasteiger partial charge in [-0.15, -0.1) is 0 Å². The van der Waals surface area contributed by atoms with Crippen LogP contribution in [0.4, 0.5) is 22.9 Å². The molecule has 1 aliphatic rings. The Morgan fingerprint density at radius 2 is 1.88 bits per heavy atom. The van der Waals surface area contributed by atoms with Crippen LogP contribution in [-0.4, -0.2) is 64.5 Å². The third-order valence-corrected chi connectivity index (χ3v) is 6.48. The van der Waals surface area contributed by atoms with Gasteiger partial charge in [0, 0.05) is 56.3 Å². The van der Waals surface area contributed by atoms with E-state index in [1.807, 2.05) is 42.2 Å². The number of benzene rings is 2. The molecular weight excluding hydrogens is 428 g/mol. The number of methoxy groups -OCH3 is 1. The molecule has 4 aromatic rings. The Morgan fingerprint density at radius 1 is 1.06 bits per heavy atom. The van der Waals surface area contributed by atoms with Gasteiger partial charge in [0.15, 0.2) is 0 Å². The van der Waals surface area contributed by atoms with E-state index in [0.717, 1.165) is 72.0 Å². The standard InChI is InChI=1S/C25H30N8O/c1-4-32-7-9-33(10-8-32)23-14-24(34-3)21(12-19(23)26)30-25-13-20(27-16-28-25)17-5-6-22-18(11-17)15-29-31(22)2/h5-6,11-16H,4,7-10,26H2,1-3H3,(H,27,28,30). The number of hydrogen-bond acceptors (Lipinski definition) is 8. The van der Waals surface area contributed by atoms with Crippen LogP contribution in [0.15, 0.2) is 48.9 Å². The molecule has 3 N–H and O–H groups in total. The van der Waals surface area contributed by atoms with E-state index in [2.05, 4.69) is 49.2 Å². The van der Waals surface area contributed by atoms with Crippen LogP contribution in [0.1, 0.15) is 6.92 Å². The van der Waals surface area contributed by atoms with Gasteiger partial charge in [-0.1, -0.05) is 13.0 Å². The van der Waals surface area contributed by atoms with Gasteiger partial charge >= 0.3 is 0 Å². The number of nitrogens with two attached hydrogens (primary N) is 1. The van der Waals surface area contributed by atoms with Crippen molar-refractivity contribution in [3.63, 3.8) is 0 Å². The predicted molar refractivity (Wildman–Crippen MR) is 137 cm³/mol. The number of fused-ring (bicyclic) bond motifs is 1. The topological polar surface area (TPSA) is 97.4 Å². The van der Waals surface area contributed by atoms with Crippen molar-refractivity contribution >= 4 is 33.8 Å². The quantitative estimate of drug-likeness (QED) is 0.424. The molecule has 1 saturated heterocycles. The van der Waals surface area contributed by atoms with Crippen LogP contribution in [-0.2, 0) is 7.05 Å². The van der Waals surface area contributed by atoms with Gasteiger partial charge in [-0.3, -0.25) is 4.68 Å². The van der Waals surface area contributed by atoms with Gasteiger partial charge in [0.2, 0.25) is 0 Å². The van der Waals surface area contributed by atoms with Crippen molar-refractivity contribution in [1.29, 1.82) is 0 Å². The summed E-state index contributed by atoms with van der Waals surface area (Å²) in [5, 5.41) is 8.75. The van der Waals surface area contributed by atoms with E-state index < -0.39 is 0 Å². The number of aromatic nitrogens is 4. The van der Waals surface area contributed by atoms with Gasteiger partial charge in [-0.05, 0) is 24.7 Å². The minimum atomic E-state index is 0.665. The second kappa shape index (κ2) is 9.18. The number of nitrogens with one attached hydrogen (secondary N) is 1. The summed E-state index contributed by atoms with van der Waals surface area (Å²) in [6.45, 7) is 7.24. The van der Waals surface area contributed by atoms with E-state index in [1.165, 1.54) is 0 Å². The maximum atomic E-state index is 6.48. The van der Waals surface area contributed by atoms with Gasteiger partial charge in [-0.2, -0.15) is 5.10 Å². The molecule has 9 nitrogen and oxygen atoms in total. The van der Waals surface area contributed by atoms with Crippen molar-refractivity contribution in [2.24, 2.45) is 7.05 Å². The highest BCUT2D eigenvalue weighted by atomic mass is 16.5. The Balaban J connectivity index is 1.40. The van der Waals surface area contributed by atoms with Crippen LogP contribution >= 0.6 is 0 Å². The highest BCUT2D eigenvalue weighted by molar-refractivity contribution is 5.84. The number of piperazine rings is 1. The number of rotatable bonds is 6. The molecule has 2 aromatic carbocycles. The van der Waals surface area contributed by atoms with E-state index in [0.29, 0.717) is 11.5 Å². The number of likely N-dealkylation sites (N-methyl/N-ethyl adjacent to an activating group) is 1. The normalized spacial score (nSPS) is 14.5. The molecule has 3 heterocycles. The minimum absolute atomic E-state index is 0.665. The molecule has 0 spiro atoms. The Morgan fingerprint density at radius 3 is 2.65 bits per heavy atom. The minimum Gasteiger partial charge on any atom is -0.494 e. The van der Waals surface area contributed by atoms with Gasteiger partial charge < -0.3 is 25.6 Å². The molecule has 0 atom stereocenters. The average molecular weight is 459 g/mol. The molecule has 9 heteroatoms. The number of nitrogen functional groups attached to an aromatic ring is 1. The summed E-state index contributed by atoms with van der Waals surface area (Å²) in [6.07, 6.45) is 3.42.